The van der Waals surface area contributed by atoms with E-state index in [0.29, 0.717) is 11.3 Å². The van der Waals surface area contributed by atoms with Crippen LogP contribution >= 0.6 is 0 Å². The second-order valence-electron chi connectivity index (χ2n) is 5.97. The van der Waals surface area contributed by atoms with E-state index in [0.717, 1.165) is 44.9 Å². The minimum absolute atomic E-state index is 0.0816. The number of furan rings is 1. The lowest BCUT2D eigenvalue weighted by molar-refractivity contribution is 0.0275. The van der Waals surface area contributed by atoms with Gasteiger partial charge in [0.1, 0.15) is 11.5 Å². The van der Waals surface area contributed by atoms with Crippen molar-refractivity contribution in [2.24, 2.45) is 0 Å². The molecule has 2 rings (SSSR count). The van der Waals surface area contributed by atoms with Crippen molar-refractivity contribution in [3.63, 3.8) is 0 Å². The van der Waals surface area contributed by atoms with Crippen molar-refractivity contribution in [3.05, 3.63) is 23.2 Å². The van der Waals surface area contributed by atoms with Gasteiger partial charge < -0.3 is 19.0 Å². The van der Waals surface area contributed by atoms with E-state index in [1.165, 1.54) is 0 Å². The fraction of sp³-hybridized carbons (Fsp3) is 0.688. The summed E-state index contributed by atoms with van der Waals surface area (Å²) in [6.45, 7) is 6.80. The zero-order valence-corrected chi connectivity index (χ0v) is 13.5. The van der Waals surface area contributed by atoms with Crippen LogP contribution in [0.25, 0.3) is 0 Å². The molecule has 0 atom stereocenters. The van der Waals surface area contributed by atoms with Gasteiger partial charge in [0.05, 0.1) is 5.56 Å². The summed E-state index contributed by atoms with van der Waals surface area (Å²) in [6, 6.07) is 2.11. The first-order valence-corrected chi connectivity index (χ1v) is 7.59. The fourth-order valence-corrected chi connectivity index (χ4v) is 2.75. The Morgan fingerprint density at radius 2 is 1.90 bits per heavy atom. The van der Waals surface area contributed by atoms with Gasteiger partial charge in [0.15, 0.2) is 0 Å². The first kappa shape index (κ1) is 16.0. The van der Waals surface area contributed by atoms with E-state index in [9.17, 15) is 4.79 Å². The van der Waals surface area contributed by atoms with Crippen LogP contribution in [0, 0.1) is 13.8 Å². The molecule has 1 saturated heterocycles. The number of hydrogen-bond donors (Lipinski definition) is 0. The number of ether oxygens (including phenoxy) is 1. The van der Waals surface area contributed by atoms with Crippen molar-refractivity contribution in [2.75, 3.05) is 40.4 Å². The van der Waals surface area contributed by atoms with E-state index in [-0.39, 0.29) is 11.9 Å². The Bertz CT molecular complexity index is 476. The SMILES string of the molecule is Cc1cc(C(=O)N(CCN(C)C)C2CCOCC2)c(C)o1. The lowest BCUT2D eigenvalue weighted by Gasteiger charge is -2.35. The third kappa shape index (κ3) is 4.08. The number of nitrogens with zero attached hydrogens (tertiary/aromatic N) is 2. The van der Waals surface area contributed by atoms with Crippen LogP contribution in [-0.2, 0) is 4.74 Å². The van der Waals surface area contributed by atoms with Gasteiger partial charge in [0.25, 0.3) is 5.91 Å². The second-order valence-corrected chi connectivity index (χ2v) is 5.97. The van der Waals surface area contributed by atoms with Crippen LogP contribution in [0.1, 0.15) is 34.7 Å². The molecule has 1 aromatic heterocycles. The Morgan fingerprint density at radius 3 is 2.43 bits per heavy atom. The van der Waals surface area contributed by atoms with Crippen molar-refractivity contribution < 1.29 is 13.9 Å². The molecule has 1 aromatic rings. The van der Waals surface area contributed by atoms with Gasteiger partial charge in [-0.1, -0.05) is 0 Å². The Hall–Kier alpha value is -1.33. The molecule has 0 spiro atoms. The minimum atomic E-state index is 0.0816. The van der Waals surface area contributed by atoms with Crippen LogP contribution in [0.4, 0.5) is 0 Å². The number of aryl methyl sites for hydroxylation is 2. The van der Waals surface area contributed by atoms with Crippen molar-refractivity contribution >= 4 is 5.91 Å². The molecule has 1 fully saturated rings. The molecule has 0 saturated carbocycles. The maximum absolute atomic E-state index is 12.9. The van der Waals surface area contributed by atoms with Crippen molar-refractivity contribution in [1.29, 1.82) is 0 Å². The number of rotatable bonds is 5. The predicted octanol–water partition coefficient (Wildman–Crippen LogP) is 2.08. The molecule has 0 bridgehead atoms. The molecule has 0 aromatic carbocycles. The molecule has 21 heavy (non-hydrogen) atoms. The summed E-state index contributed by atoms with van der Waals surface area (Å²) in [5, 5.41) is 0. The summed E-state index contributed by atoms with van der Waals surface area (Å²) >= 11 is 0. The van der Waals surface area contributed by atoms with Crippen LogP contribution in [0.2, 0.25) is 0 Å². The maximum Gasteiger partial charge on any atom is 0.257 e. The molecule has 1 amide bonds. The molecule has 1 aliphatic heterocycles. The maximum atomic E-state index is 12.9. The highest BCUT2D eigenvalue weighted by Crippen LogP contribution is 2.21. The summed E-state index contributed by atoms with van der Waals surface area (Å²) < 4.78 is 10.9. The van der Waals surface area contributed by atoms with Gasteiger partial charge in [0, 0.05) is 32.3 Å². The van der Waals surface area contributed by atoms with Crippen molar-refractivity contribution in [2.45, 2.75) is 32.7 Å². The molecule has 0 aliphatic carbocycles. The van der Waals surface area contributed by atoms with Gasteiger partial charge in [-0.2, -0.15) is 0 Å². The standard InChI is InChI=1S/C16H26N2O3/c1-12-11-15(13(2)21-12)16(19)18(8-7-17(3)4)14-5-9-20-10-6-14/h11,14H,5-10H2,1-4H3. The van der Waals surface area contributed by atoms with E-state index in [4.69, 9.17) is 9.15 Å². The van der Waals surface area contributed by atoms with Crippen molar-refractivity contribution in [1.82, 2.24) is 9.80 Å². The molecule has 0 radical (unpaired) electrons. The molecule has 0 N–H and O–H groups in total. The zero-order chi connectivity index (χ0) is 15.4. The van der Waals surface area contributed by atoms with Crippen LogP contribution in [-0.4, -0.2) is 62.1 Å². The highest BCUT2D eigenvalue weighted by molar-refractivity contribution is 5.95. The molecule has 2 heterocycles. The van der Waals surface area contributed by atoms with Gasteiger partial charge in [-0.25, -0.2) is 0 Å². The zero-order valence-electron chi connectivity index (χ0n) is 13.5. The second kappa shape index (κ2) is 7.09. The number of likely N-dealkylation sites (N-methyl/N-ethyl adjacent to an activating group) is 1. The average Bonchev–Trinajstić information content (AvgIpc) is 2.78. The first-order valence-electron chi connectivity index (χ1n) is 7.59. The fourth-order valence-electron chi connectivity index (χ4n) is 2.75. The predicted molar refractivity (Wildman–Crippen MR) is 81.6 cm³/mol. The topological polar surface area (TPSA) is 45.9 Å². The Morgan fingerprint density at radius 1 is 1.24 bits per heavy atom. The molecular weight excluding hydrogens is 268 g/mol. The average molecular weight is 294 g/mol. The smallest absolute Gasteiger partial charge is 0.257 e. The molecule has 5 nitrogen and oxygen atoms in total. The van der Waals surface area contributed by atoms with E-state index in [1.807, 2.05) is 38.9 Å². The van der Waals surface area contributed by atoms with Gasteiger partial charge in [-0.3, -0.25) is 4.79 Å². The molecular formula is C16H26N2O3. The lowest BCUT2D eigenvalue weighted by Crippen LogP contribution is -2.46. The largest absolute Gasteiger partial charge is 0.466 e. The lowest BCUT2D eigenvalue weighted by atomic mass is 10.1. The van der Waals surface area contributed by atoms with Gasteiger partial charge in [0.2, 0.25) is 0 Å². The summed E-state index contributed by atoms with van der Waals surface area (Å²) in [5.74, 6) is 1.58. The normalized spacial score (nSPS) is 16.4. The molecule has 0 unspecified atom stereocenters. The summed E-state index contributed by atoms with van der Waals surface area (Å²) in [5.41, 5.74) is 0.692. The monoisotopic (exact) mass is 294 g/mol. The summed E-state index contributed by atoms with van der Waals surface area (Å²) in [6.07, 6.45) is 1.82. The van der Waals surface area contributed by atoms with E-state index < -0.39 is 0 Å². The highest BCUT2D eigenvalue weighted by atomic mass is 16.5. The van der Waals surface area contributed by atoms with Crippen LogP contribution in [0.15, 0.2) is 10.5 Å². The van der Waals surface area contributed by atoms with Crippen LogP contribution < -0.4 is 0 Å². The molecule has 1 aliphatic rings. The van der Waals surface area contributed by atoms with Crippen LogP contribution in [0.5, 0.6) is 0 Å². The Kier molecular flexibility index (Phi) is 5.42. The van der Waals surface area contributed by atoms with Crippen molar-refractivity contribution in [3.8, 4) is 0 Å². The third-order valence-electron chi connectivity index (χ3n) is 3.95. The Balaban J connectivity index is 2.16. The van der Waals surface area contributed by atoms with Gasteiger partial charge >= 0.3 is 0 Å². The number of carbonyl (C=O) groups excluding carboxylic acids is 1. The van der Waals surface area contributed by atoms with E-state index >= 15 is 0 Å². The molecule has 5 heteroatoms. The first-order chi connectivity index (χ1) is 9.99. The quantitative estimate of drug-likeness (QED) is 0.834. The van der Waals surface area contributed by atoms with E-state index in [1.54, 1.807) is 0 Å². The number of amides is 1. The van der Waals surface area contributed by atoms with Gasteiger partial charge in [-0.15, -0.1) is 0 Å². The summed E-state index contributed by atoms with van der Waals surface area (Å²) in [7, 11) is 4.06. The Labute approximate surface area is 126 Å². The highest BCUT2D eigenvalue weighted by Gasteiger charge is 2.28. The van der Waals surface area contributed by atoms with Crippen LogP contribution in [0.3, 0.4) is 0 Å². The molecule has 118 valence electrons. The van der Waals surface area contributed by atoms with E-state index in [2.05, 4.69) is 4.90 Å². The minimum Gasteiger partial charge on any atom is -0.466 e. The third-order valence-corrected chi connectivity index (χ3v) is 3.95. The number of hydrogen-bond acceptors (Lipinski definition) is 4. The van der Waals surface area contributed by atoms with Gasteiger partial charge in [-0.05, 0) is 46.9 Å². The number of carbonyl (C=O) groups is 1. The summed E-state index contributed by atoms with van der Waals surface area (Å²) in [4.78, 5) is 17.0.